The first-order valence-electron chi connectivity index (χ1n) is 10.4. The molecule has 4 rings (SSSR count). The van der Waals surface area contributed by atoms with Crippen molar-refractivity contribution >= 4 is 17.3 Å². The van der Waals surface area contributed by atoms with Gasteiger partial charge in [-0.3, -0.25) is 4.79 Å². The van der Waals surface area contributed by atoms with Gasteiger partial charge in [0.25, 0.3) is 5.91 Å². The Morgan fingerprint density at radius 3 is 2.21 bits per heavy atom. The van der Waals surface area contributed by atoms with Gasteiger partial charge < -0.3 is 29.4 Å². The van der Waals surface area contributed by atoms with Gasteiger partial charge in [-0.15, -0.1) is 0 Å². The monoisotopic (exact) mass is 460 g/mol. The molecule has 3 aromatic carbocycles. The third-order valence-electron chi connectivity index (χ3n) is 5.06. The molecule has 4 aromatic rings. The van der Waals surface area contributed by atoms with E-state index in [9.17, 15) is 4.79 Å². The lowest BCUT2D eigenvalue weighted by atomic mass is 10.2. The topological polar surface area (TPSA) is 108 Å². The number of aromatic nitrogens is 2. The van der Waals surface area contributed by atoms with Crippen LogP contribution in [-0.4, -0.2) is 37.4 Å². The van der Waals surface area contributed by atoms with Crippen molar-refractivity contribution < 1.29 is 23.5 Å². The zero-order chi connectivity index (χ0) is 23.9. The van der Waals surface area contributed by atoms with Crippen LogP contribution in [0.1, 0.15) is 16.2 Å². The predicted octanol–water partition coefficient (Wildman–Crippen LogP) is 4.63. The highest BCUT2D eigenvalue weighted by atomic mass is 16.5. The highest BCUT2D eigenvalue weighted by molar-refractivity contribution is 6.04. The number of methoxy groups -OCH3 is 3. The fourth-order valence-corrected chi connectivity index (χ4v) is 3.21. The van der Waals surface area contributed by atoms with Gasteiger partial charge in [0.15, 0.2) is 0 Å². The van der Waals surface area contributed by atoms with Crippen LogP contribution in [0.4, 0.5) is 11.4 Å². The van der Waals surface area contributed by atoms with Crippen molar-refractivity contribution in [2.24, 2.45) is 0 Å². The molecule has 0 spiro atoms. The Balaban J connectivity index is 1.36. The first-order chi connectivity index (χ1) is 16.6. The quantitative estimate of drug-likeness (QED) is 0.372. The lowest BCUT2D eigenvalue weighted by molar-refractivity contribution is 0.102. The fourth-order valence-electron chi connectivity index (χ4n) is 3.21. The van der Waals surface area contributed by atoms with Crippen LogP contribution >= 0.6 is 0 Å². The number of anilines is 2. The van der Waals surface area contributed by atoms with Crippen molar-refractivity contribution in [2.75, 3.05) is 32.0 Å². The van der Waals surface area contributed by atoms with E-state index in [4.69, 9.17) is 18.7 Å². The van der Waals surface area contributed by atoms with Gasteiger partial charge >= 0.3 is 0 Å². The third-order valence-corrected chi connectivity index (χ3v) is 5.06. The number of nitrogens with zero attached hydrogens (tertiary/aromatic N) is 2. The number of benzene rings is 3. The van der Waals surface area contributed by atoms with Crippen molar-refractivity contribution in [3.8, 4) is 28.6 Å². The number of hydrogen-bond acceptors (Lipinski definition) is 8. The average Bonchev–Trinajstić information content (AvgIpc) is 3.36. The minimum absolute atomic E-state index is 0.202. The maximum absolute atomic E-state index is 12.5. The van der Waals surface area contributed by atoms with E-state index in [2.05, 4.69) is 20.8 Å². The Hall–Kier alpha value is -4.53. The van der Waals surface area contributed by atoms with E-state index in [0.717, 1.165) is 11.4 Å². The Morgan fingerprint density at radius 1 is 0.853 bits per heavy atom. The average molecular weight is 460 g/mol. The summed E-state index contributed by atoms with van der Waals surface area (Å²) in [7, 11) is 4.76. The van der Waals surface area contributed by atoms with Crippen LogP contribution in [0.3, 0.4) is 0 Å². The first kappa shape index (κ1) is 22.7. The van der Waals surface area contributed by atoms with Gasteiger partial charge in [-0.1, -0.05) is 5.16 Å². The number of hydrogen-bond donors (Lipinski definition) is 2. The van der Waals surface area contributed by atoms with E-state index in [0.29, 0.717) is 46.6 Å². The van der Waals surface area contributed by atoms with Crippen LogP contribution in [0.25, 0.3) is 11.4 Å². The fraction of sp³-hybridized carbons (Fsp3) is 0.160. The Bertz CT molecular complexity index is 1250. The molecule has 2 N–H and O–H groups in total. The summed E-state index contributed by atoms with van der Waals surface area (Å²) in [5, 5.41) is 10.1. The molecule has 0 unspecified atom stereocenters. The zero-order valence-electron chi connectivity index (χ0n) is 19.0. The molecule has 0 fully saturated rings. The Kier molecular flexibility index (Phi) is 6.92. The van der Waals surface area contributed by atoms with Gasteiger partial charge in [-0.05, 0) is 60.7 Å². The van der Waals surface area contributed by atoms with Gasteiger partial charge in [-0.2, -0.15) is 4.98 Å². The van der Waals surface area contributed by atoms with E-state index in [-0.39, 0.29) is 5.91 Å². The summed E-state index contributed by atoms with van der Waals surface area (Å²) in [5.41, 5.74) is 2.73. The molecule has 0 bridgehead atoms. The van der Waals surface area contributed by atoms with Crippen molar-refractivity contribution in [3.05, 3.63) is 78.2 Å². The van der Waals surface area contributed by atoms with E-state index in [1.54, 1.807) is 69.9 Å². The largest absolute Gasteiger partial charge is 0.497 e. The van der Waals surface area contributed by atoms with Crippen LogP contribution in [0.2, 0.25) is 0 Å². The summed E-state index contributed by atoms with van der Waals surface area (Å²) in [6, 6.07) is 19.6. The molecule has 1 aromatic heterocycles. The molecule has 1 amide bonds. The van der Waals surface area contributed by atoms with Gasteiger partial charge in [0.2, 0.25) is 11.7 Å². The minimum atomic E-state index is -0.202. The standard InChI is InChI=1S/C25H24N4O5/c1-31-19-10-8-18(9-11-19)27-25(30)16-4-6-17(7-5-16)26-15-23-28-24(29-34-23)21-13-12-20(32-2)14-22(21)33-3/h4-14,26H,15H2,1-3H3,(H,27,30). The molecule has 0 aliphatic rings. The van der Waals surface area contributed by atoms with Gasteiger partial charge in [0.05, 0.1) is 33.4 Å². The molecule has 9 nitrogen and oxygen atoms in total. The second kappa shape index (κ2) is 10.4. The summed E-state index contributed by atoms with van der Waals surface area (Å²) in [5.74, 6) is 2.61. The van der Waals surface area contributed by atoms with Gasteiger partial charge in [0, 0.05) is 23.0 Å². The minimum Gasteiger partial charge on any atom is -0.497 e. The van der Waals surface area contributed by atoms with Crippen molar-refractivity contribution in [1.82, 2.24) is 10.1 Å². The van der Waals surface area contributed by atoms with Gasteiger partial charge in [0.1, 0.15) is 17.2 Å². The lowest BCUT2D eigenvalue weighted by Crippen LogP contribution is -2.11. The van der Waals surface area contributed by atoms with Crippen LogP contribution < -0.4 is 24.8 Å². The molecule has 34 heavy (non-hydrogen) atoms. The number of nitrogens with one attached hydrogen (secondary N) is 2. The normalized spacial score (nSPS) is 10.4. The third kappa shape index (κ3) is 5.26. The molecule has 9 heteroatoms. The summed E-state index contributed by atoms with van der Waals surface area (Å²) in [4.78, 5) is 16.9. The molecule has 0 aliphatic carbocycles. The Morgan fingerprint density at radius 2 is 1.53 bits per heavy atom. The first-order valence-corrected chi connectivity index (χ1v) is 10.4. The maximum Gasteiger partial charge on any atom is 0.255 e. The summed E-state index contributed by atoms with van der Waals surface area (Å²) >= 11 is 0. The molecule has 0 saturated heterocycles. The van der Waals surface area contributed by atoms with Gasteiger partial charge in [-0.25, -0.2) is 0 Å². The molecule has 0 atom stereocenters. The number of rotatable bonds is 9. The second-order valence-corrected chi connectivity index (χ2v) is 7.19. The van der Waals surface area contributed by atoms with Crippen LogP contribution in [0.15, 0.2) is 71.3 Å². The zero-order valence-corrected chi connectivity index (χ0v) is 19.0. The molecule has 0 aliphatic heterocycles. The number of amides is 1. The molecular formula is C25H24N4O5. The smallest absolute Gasteiger partial charge is 0.255 e. The molecular weight excluding hydrogens is 436 g/mol. The predicted molar refractivity (Wildman–Crippen MR) is 128 cm³/mol. The lowest BCUT2D eigenvalue weighted by Gasteiger charge is -2.08. The molecule has 0 saturated carbocycles. The van der Waals surface area contributed by atoms with Crippen LogP contribution in [-0.2, 0) is 6.54 Å². The molecule has 1 heterocycles. The highest BCUT2D eigenvalue weighted by Gasteiger charge is 2.14. The molecule has 174 valence electrons. The summed E-state index contributed by atoms with van der Waals surface area (Å²) < 4.78 is 21.1. The highest BCUT2D eigenvalue weighted by Crippen LogP contribution is 2.31. The van der Waals surface area contributed by atoms with Crippen molar-refractivity contribution in [1.29, 1.82) is 0 Å². The number of ether oxygens (including phenoxy) is 3. The number of carbonyl (C=O) groups is 1. The van der Waals surface area contributed by atoms with E-state index < -0.39 is 0 Å². The summed E-state index contributed by atoms with van der Waals surface area (Å²) in [6.07, 6.45) is 0. The summed E-state index contributed by atoms with van der Waals surface area (Å²) in [6.45, 7) is 0.322. The maximum atomic E-state index is 12.5. The van der Waals surface area contributed by atoms with Crippen LogP contribution in [0, 0.1) is 0 Å². The van der Waals surface area contributed by atoms with E-state index >= 15 is 0 Å². The Labute approximate surface area is 196 Å². The van der Waals surface area contributed by atoms with Crippen molar-refractivity contribution in [2.45, 2.75) is 6.54 Å². The van der Waals surface area contributed by atoms with E-state index in [1.165, 1.54) is 0 Å². The molecule has 0 radical (unpaired) electrons. The van der Waals surface area contributed by atoms with E-state index in [1.807, 2.05) is 18.2 Å². The van der Waals surface area contributed by atoms with Crippen LogP contribution in [0.5, 0.6) is 17.2 Å². The number of carbonyl (C=O) groups excluding carboxylic acids is 1. The SMILES string of the molecule is COc1ccc(NC(=O)c2ccc(NCc3nc(-c4ccc(OC)cc4OC)no3)cc2)cc1. The van der Waals surface area contributed by atoms with Crippen molar-refractivity contribution in [3.63, 3.8) is 0 Å². The second-order valence-electron chi connectivity index (χ2n) is 7.19.